The van der Waals surface area contributed by atoms with Crippen LogP contribution in [-0.4, -0.2) is 59.0 Å². The number of carboxylic acids is 1. The molecule has 1 aliphatic carbocycles. The minimum atomic E-state index is -0.939. The summed E-state index contributed by atoms with van der Waals surface area (Å²) < 4.78 is 12.9. The molecule has 2 fully saturated rings. The van der Waals surface area contributed by atoms with Crippen LogP contribution in [0.25, 0.3) is 0 Å². The summed E-state index contributed by atoms with van der Waals surface area (Å²) in [5, 5.41) is 11.9. The highest BCUT2D eigenvalue weighted by Crippen LogP contribution is 2.59. The molecule has 1 aromatic rings. The number of amides is 3. The third-order valence-electron chi connectivity index (χ3n) is 5.33. The van der Waals surface area contributed by atoms with E-state index < -0.39 is 23.2 Å². The van der Waals surface area contributed by atoms with Gasteiger partial charge >= 0.3 is 12.0 Å². The molecule has 0 radical (unpaired) electrons. The number of anilines is 1. The highest BCUT2D eigenvalue weighted by molar-refractivity contribution is 5.92. The van der Waals surface area contributed by atoms with Crippen molar-refractivity contribution in [1.82, 2.24) is 9.80 Å². The summed E-state index contributed by atoms with van der Waals surface area (Å²) in [5.74, 6) is -2.61. The molecule has 26 heavy (non-hydrogen) atoms. The fourth-order valence-corrected chi connectivity index (χ4v) is 3.62. The molecular formula is C18H22FN3O4. The molecule has 1 saturated carbocycles. The van der Waals surface area contributed by atoms with Gasteiger partial charge < -0.3 is 20.2 Å². The predicted octanol–water partition coefficient (Wildman–Crippen LogP) is 1.86. The van der Waals surface area contributed by atoms with Crippen molar-refractivity contribution in [3.8, 4) is 0 Å². The van der Waals surface area contributed by atoms with Crippen molar-refractivity contribution in [2.24, 2.45) is 17.3 Å². The molecule has 3 rings (SSSR count). The molecule has 1 saturated heterocycles. The minimum absolute atomic E-state index is 0.152. The van der Waals surface area contributed by atoms with Gasteiger partial charge in [-0.3, -0.25) is 9.59 Å². The average molecular weight is 363 g/mol. The number of benzene rings is 1. The summed E-state index contributed by atoms with van der Waals surface area (Å²) in [4.78, 5) is 39.3. The van der Waals surface area contributed by atoms with Crippen molar-refractivity contribution in [3.63, 3.8) is 0 Å². The van der Waals surface area contributed by atoms with Gasteiger partial charge in [0.25, 0.3) is 0 Å². The summed E-state index contributed by atoms with van der Waals surface area (Å²) in [6.07, 6.45) is 0. The topological polar surface area (TPSA) is 90.0 Å². The van der Waals surface area contributed by atoms with Gasteiger partial charge in [-0.2, -0.15) is 0 Å². The molecule has 2 atom stereocenters. The summed E-state index contributed by atoms with van der Waals surface area (Å²) in [5.41, 5.74) is -0.0288. The van der Waals surface area contributed by atoms with Crippen LogP contribution in [-0.2, 0) is 9.59 Å². The molecule has 8 heteroatoms. The Kier molecular flexibility index (Phi) is 4.60. The van der Waals surface area contributed by atoms with E-state index in [0.29, 0.717) is 31.9 Å². The van der Waals surface area contributed by atoms with Crippen molar-refractivity contribution < 1.29 is 23.9 Å². The molecule has 2 N–H and O–H groups in total. The Balaban J connectivity index is 1.53. The Labute approximate surface area is 150 Å². The zero-order valence-corrected chi connectivity index (χ0v) is 14.7. The van der Waals surface area contributed by atoms with Gasteiger partial charge in [0.1, 0.15) is 5.82 Å². The van der Waals surface area contributed by atoms with Crippen LogP contribution in [0, 0.1) is 23.1 Å². The molecule has 1 aliphatic heterocycles. The standard InChI is InChI=1S/C18H22FN3O4/c1-18(2)13(14(18)16(24)25)15(23)21-7-9-22(10-8-21)17(26)20-12-5-3-11(19)4-6-12/h3-6,13-14H,7-10H2,1-2H3,(H,20,26)(H,24,25)/t13-,14+/m1/s1. The number of nitrogens with zero attached hydrogens (tertiary/aromatic N) is 2. The molecule has 0 aromatic heterocycles. The molecule has 140 valence electrons. The van der Waals surface area contributed by atoms with E-state index in [2.05, 4.69) is 5.32 Å². The molecule has 0 bridgehead atoms. The maximum Gasteiger partial charge on any atom is 0.321 e. The second-order valence-electron chi connectivity index (χ2n) is 7.36. The minimum Gasteiger partial charge on any atom is -0.481 e. The number of hydrogen-bond donors (Lipinski definition) is 2. The smallest absolute Gasteiger partial charge is 0.321 e. The Bertz CT molecular complexity index is 726. The van der Waals surface area contributed by atoms with E-state index in [-0.39, 0.29) is 17.8 Å². The van der Waals surface area contributed by atoms with Crippen LogP contribution in [0.2, 0.25) is 0 Å². The summed E-state index contributed by atoms with van der Waals surface area (Å²) in [7, 11) is 0. The SMILES string of the molecule is CC1(C)[C@H](C(=O)O)[C@@H]1C(=O)N1CCN(C(=O)Nc2ccc(F)cc2)CC1. The van der Waals surface area contributed by atoms with Crippen LogP contribution >= 0.6 is 0 Å². The van der Waals surface area contributed by atoms with Gasteiger partial charge in [-0.05, 0) is 29.7 Å². The summed E-state index contributed by atoms with van der Waals surface area (Å²) in [6.45, 7) is 5.05. The number of halogens is 1. The summed E-state index contributed by atoms with van der Waals surface area (Å²) >= 11 is 0. The second-order valence-corrected chi connectivity index (χ2v) is 7.36. The van der Waals surface area contributed by atoms with Crippen LogP contribution < -0.4 is 5.32 Å². The number of carbonyl (C=O) groups is 3. The van der Waals surface area contributed by atoms with Crippen molar-refractivity contribution in [2.75, 3.05) is 31.5 Å². The molecule has 0 unspecified atom stereocenters. The Morgan fingerprint density at radius 3 is 2.08 bits per heavy atom. The lowest BCUT2D eigenvalue weighted by molar-refractivity contribution is -0.142. The Morgan fingerprint density at radius 1 is 1.04 bits per heavy atom. The van der Waals surface area contributed by atoms with Crippen LogP contribution in [0.15, 0.2) is 24.3 Å². The Morgan fingerprint density at radius 2 is 1.58 bits per heavy atom. The van der Waals surface area contributed by atoms with Gasteiger partial charge in [0.05, 0.1) is 11.8 Å². The third kappa shape index (κ3) is 3.36. The summed E-state index contributed by atoms with van der Waals surface area (Å²) in [6, 6.07) is 5.19. The number of piperazine rings is 1. The first-order valence-corrected chi connectivity index (χ1v) is 8.55. The van der Waals surface area contributed by atoms with Gasteiger partial charge in [-0.1, -0.05) is 13.8 Å². The average Bonchev–Trinajstić information content (AvgIpc) is 3.19. The molecular weight excluding hydrogens is 341 g/mol. The number of hydrogen-bond acceptors (Lipinski definition) is 3. The number of carboxylic acid groups (broad SMARTS) is 1. The van der Waals surface area contributed by atoms with E-state index in [0.717, 1.165) is 0 Å². The van der Waals surface area contributed by atoms with Crippen LogP contribution in [0.5, 0.6) is 0 Å². The van der Waals surface area contributed by atoms with Gasteiger partial charge in [-0.15, -0.1) is 0 Å². The van der Waals surface area contributed by atoms with Gasteiger partial charge in [-0.25, -0.2) is 9.18 Å². The fraction of sp³-hybridized carbons (Fsp3) is 0.500. The normalized spacial score (nSPS) is 24.1. The van der Waals surface area contributed by atoms with Crippen LogP contribution in [0.3, 0.4) is 0 Å². The number of nitrogens with one attached hydrogen (secondary N) is 1. The Hall–Kier alpha value is -2.64. The molecule has 1 aromatic carbocycles. The first kappa shape index (κ1) is 18.2. The van der Waals surface area contributed by atoms with Crippen LogP contribution in [0.4, 0.5) is 14.9 Å². The zero-order valence-electron chi connectivity index (χ0n) is 14.7. The van der Waals surface area contributed by atoms with Crippen molar-refractivity contribution in [1.29, 1.82) is 0 Å². The van der Waals surface area contributed by atoms with Crippen molar-refractivity contribution in [2.45, 2.75) is 13.8 Å². The lowest BCUT2D eigenvalue weighted by Gasteiger charge is -2.35. The first-order valence-electron chi connectivity index (χ1n) is 8.55. The fourth-order valence-electron chi connectivity index (χ4n) is 3.62. The quantitative estimate of drug-likeness (QED) is 0.858. The van der Waals surface area contributed by atoms with E-state index in [1.165, 1.54) is 24.3 Å². The molecule has 2 aliphatic rings. The number of rotatable bonds is 3. The first-order chi connectivity index (χ1) is 12.2. The van der Waals surface area contributed by atoms with E-state index in [9.17, 15) is 23.9 Å². The van der Waals surface area contributed by atoms with Gasteiger partial charge in [0.15, 0.2) is 0 Å². The monoisotopic (exact) mass is 363 g/mol. The van der Waals surface area contributed by atoms with Gasteiger partial charge in [0, 0.05) is 31.9 Å². The van der Waals surface area contributed by atoms with E-state index in [1.54, 1.807) is 23.6 Å². The largest absolute Gasteiger partial charge is 0.481 e. The van der Waals surface area contributed by atoms with E-state index >= 15 is 0 Å². The van der Waals surface area contributed by atoms with Gasteiger partial charge in [0.2, 0.25) is 5.91 Å². The highest BCUT2D eigenvalue weighted by Gasteiger charge is 2.66. The number of carbonyl (C=O) groups excluding carboxylic acids is 2. The predicted molar refractivity (Wildman–Crippen MR) is 92.0 cm³/mol. The van der Waals surface area contributed by atoms with Crippen molar-refractivity contribution in [3.05, 3.63) is 30.1 Å². The number of urea groups is 1. The third-order valence-corrected chi connectivity index (χ3v) is 5.33. The molecule has 7 nitrogen and oxygen atoms in total. The number of aliphatic carboxylic acids is 1. The van der Waals surface area contributed by atoms with Crippen LogP contribution in [0.1, 0.15) is 13.8 Å². The molecule has 0 spiro atoms. The maximum atomic E-state index is 12.9. The second kappa shape index (κ2) is 6.59. The maximum absolute atomic E-state index is 12.9. The molecule has 1 heterocycles. The van der Waals surface area contributed by atoms with E-state index in [1.807, 2.05) is 0 Å². The van der Waals surface area contributed by atoms with E-state index in [4.69, 9.17) is 0 Å². The van der Waals surface area contributed by atoms with Crippen molar-refractivity contribution >= 4 is 23.6 Å². The molecule has 3 amide bonds. The zero-order chi connectivity index (χ0) is 19.1. The lowest BCUT2D eigenvalue weighted by Crippen LogP contribution is -2.52. The highest BCUT2D eigenvalue weighted by atomic mass is 19.1. The lowest BCUT2D eigenvalue weighted by atomic mass is 10.1.